The highest BCUT2D eigenvalue weighted by Crippen LogP contribution is 2.22. The zero-order valence-corrected chi connectivity index (χ0v) is 39.6. The fourth-order valence-corrected chi connectivity index (χ4v) is 4.66. The van der Waals surface area contributed by atoms with Gasteiger partial charge in [0, 0.05) is 31.4 Å². The first-order valence-electron chi connectivity index (χ1n) is 17.2. The summed E-state index contributed by atoms with van der Waals surface area (Å²) in [6, 6.07) is 0. The number of hydrogen-bond donors (Lipinski definition) is 5. The maximum absolute atomic E-state index is 10.5. The second-order valence-corrected chi connectivity index (χ2v) is 17.9. The first-order valence-corrected chi connectivity index (χ1v) is 21.9. The number of carbonyl (C=O) groups excluding carboxylic acids is 4. The highest BCUT2D eigenvalue weighted by molar-refractivity contribution is 9.10. The van der Waals surface area contributed by atoms with E-state index in [0.717, 1.165) is 44.3 Å². The Hall–Kier alpha value is -0.930. The molecule has 0 aromatic carbocycles. The minimum Gasteiger partial charge on any atom is -0.480 e. The lowest BCUT2D eigenvalue weighted by Crippen LogP contribution is -2.35. The van der Waals surface area contributed by atoms with Gasteiger partial charge in [0.2, 0.25) is 0 Å². The van der Waals surface area contributed by atoms with Crippen molar-refractivity contribution in [1.82, 2.24) is 0 Å². The predicted molar refractivity (Wildman–Crippen MR) is 227 cm³/mol. The molecule has 324 valence electrons. The van der Waals surface area contributed by atoms with Crippen molar-refractivity contribution in [2.75, 3.05) is 38.4 Å². The van der Waals surface area contributed by atoms with E-state index in [4.69, 9.17) is 58.8 Å². The molecule has 0 aliphatic carbocycles. The normalized spacial score (nSPS) is 18.1. The number of aliphatic hydroxyl groups is 2. The van der Waals surface area contributed by atoms with Crippen LogP contribution in [-0.4, -0.2) is 132 Å². The molecule has 0 aromatic rings. The summed E-state index contributed by atoms with van der Waals surface area (Å²) in [7, 11) is 0. The summed E-state index contributed by atoms with van der Waals surface area (Å²) in [5, 5.41) is 33.3. The number of aliphatic carboxylic acids is 2. The highest BCUT2D eigenvalue weighted by Gasteiger charge is 2.29. The van der Waals surface area contributed by atoms with Gasteiger partial charge in [-0.15, -0.1) is 23.2 Å². The van der Waals surface area contributed by atoms with E-state index in [2.05, 4.69) is 73.4 Å². The molecule has 0 saturated carbocycles. The molecule has 2 saturated heterocycles. The predicted octanol–water partition coefficient (Wildman–Crippen LogP) is 6.29. The molecule has 0 spiro atoms. The maximum atomic E-state index is 10.5. The van der Waals surface area contributed by atoms with Crippen molar-refractivity contribution in [1.29, 1.82) is 0 Å². The molecule has 4 unspecified atom stereocenters. The van der Waals surface area contributed by atoms with Crippen molar-refractivity contribution in [3.8, 4) is 0 Å². The van der Waals surface area contributed by atoms with Gasteiger partial charge in [-0.1, -0.05) is 63.7 Å². The number of rotatable bonds is 13. The van der Waals surface area contributed by atoms with Crippen molar-refractivity contribution < 1.29 is 63.4 Å². The van der Waals surface area contributed by atoms with E-state index in [-0.39, 0.29) is 45.7 Å². The van der Waals surface area contributed by atoms with E-state index < -0.39 is 27.1 Å². The molecule has 0 bridgehead atoms. The summed E-state index contributed by atoms with van der Waals surface area (Å²) in [6.45, 7) is 9.56. The Labute approximate surface area is 368 Å². The molecule has 21 heteroatoms. The fraction of sp³-hybridized carbons (Fsp3) is 0.794. The van der Waals surface area contributed by atoms with Gasteiger partial charge in [-0.25, -0.2) is 4.99 Å². The number of carbonyl (C=O) groups is 6. The van der Waals surface area contributed by atoms with Crippen LogP contribution in [0.4, 0.5) is 0 Å². The van der Waals surface area contributed by atoms with E-state index in [9.17, 15) is 28.8 Å². The van der Waals surface area contributed by atoms with E-state index in [1.807, 2.05) is 13.8 Å². The minimum absolute atomic E-state index is 0.0359. The van der Waals surface area contributed by atoms with E-state index >= 15 is 0 Å². The zero-order chi connectivity index (χ0) is 43.5. The molecule has 0 amide bonds. The quantitative estimate of drug-likeness (QED) is 0.0773. The Morgan fingerprint density at radius 3 is 1.73 bits per heavy atom. The fourth-order valence-electron chi connectivity index (χ4n) is 3.12. The molecule has 3 aliphatic rings. The van der Waals surface area contributed by atoms with Crippen molar-refractivity contribution in [2.45, 2.75) is 129 Å². The van der Waals surface area contributed by atoms with Crippen LogP contribution >= 0.6 is 86.9 Å². The summed E-state index contributed by atoms with van der Waals surface area (Å²) in [5.41, 5.74) is 4.77. The van der Waals surface area contributed by atoms with Crippen LogP contribution in [0.15, 0.2) is 4.99 Å². The summed E-state index contributed by atoms with van der Waals surface area (Å²) < 4.78 is 14.8. The van der Waals surface area contributed by atoms with Gasteiger partial charge in [-0.3, -0.25) is 19.2 Å². The summed E-state index contributed by atoms with van der Waals surface area (Å²) in [5.74, 6) is -1.21. The molecule has 0 radical (unpaired) electrons. The maximum Gasteiger partial charge on any atom is 0.319 e. The van der Waals surface area contributed by atoms with Crippen LogP contribution in [0.2, 0.25) is 0 Å². The standard InChI is InChI=1S/C9H14BrNO2.C5H9BrO3.C5H7BrO3.C5H7BrO2.C5H8O2.C4H11NO.CH2Cl2/c1-9(2)6-13-8(11-9)7(10)4-3-5-12;2*6-4(5(8)9)2-1-3-7;6-4-2-1-3-8-5(4)7;6-5-3-1-2-4-7-5;1-4(2,5)3-6;2-1-3/h5,7H,3-4,6H2,1-2H3;4,7H,1-3H2,(H,8,9);3-4H,1-2H2,(H,8,9);4H,1-3H2;1-4H2;6H,3,5H2,1-2H3;1H2. The average Bonchev–Trinajstić information content (AvgIpc) is 3.50. The highest BCUT2D eigenvalue weighted by atomic mass is 79.9. The van der Waals surface area contributed by atoms with Crippen LogP contribution < -0.4 is 5.73 Å². The number of aldehydes is 2. The van der Waals surface area contributed by atoms with Crippen LogP contribution in [0.1, 0.15) is 98.3 Å². The number of cyclic esters (lactones) is 2. The molecule has 3 aliphatic heterocycles. The molecule has 3 heterocycles. The number of hydrogen-bond acceptors (Lipinski definition) is 13. The number of halogens is 6. The number of esters is 2. The van der Waals surface area contributed by atoms with Gasteiger partial charge >= 0.3 is 23.9 Å². The molecule has 4 atom stereocenters. The van der Waals surface area contributed by atoms with E-state index in [0.29, 0.717) is 64.6 Å². The van der Waals surface area contributed by atoms with Gasteiger partial charge in [0.05, 0.1) is 35.5 Å². The third-order valence-electron chi connectivity index (χ3n) is 6.03. The van der Waals surface area contributed by atoms with Gasteiger partial charge in [-0.05, 0) is 79.1 Å². The number of alkyl halides is 6. The van der Waals surface area contributed by atoms with Gasteiger partial charge < -0.3 is 50.0 Å². The summed E-state index contributed by atoms with van der Waals surface area (Å²) in [6.07, 6.45) is 9.16. The Kier molecular flexibility index (Phi) is 42.6. The molecule has 55 heavy (non-hydrogen) atoms. The first-order chi connectivity index (χ1) is 25.6. The van der Waals surface area contributed by atoms with E-state index in [1.165, 1.54) is 0 Å². The molecule has 6 N–H and O–H groups in total. The summed E-state index contributed by atoms with van der Waals surface area (Å²) >= 11 is 22.0. The molecule has 0 aromatic heterocycles. The largest absolute Gasteiger partial charge is 0.480 e. The molecule has 2 fully saturated rings. The molecular weight excluding hydrogens is 1030 g/mol. The Bertz CT molecular complexity index is 1080. The van der Waals surface area contributed by atoms with Gasteiger partial charge in [0.1, 0.15) is 33.7 Å². The van der Waals surface area contributed by atoms with Crippen LogP contribution in [0.25, 0.3) is 0 Å². The zero-order valence-electron chi connectivity index (χ0n) is 31.7. The SMILES string of the molecule is CC(C)(N)CO.CC1(C)COC(C(Br)CCC=O)=N1.ClCCl.O=C(O)C(Br)CCCO.O=C1CCCCO1.O=C1OCCCC1Br.O=CCCC(Br)C(=O)O. The van der Waals surface area contributed by atoms with Gasteiger partial charge in [-0.2, -0.15) is 0 Å². The third-order valence-corrected chi connectivity index (χ3v) is 9.41. The molecule has 15 nitrogen and oxygen atoms in total. The second kappa shape index (κ2) is 38.6. The minimum atomic E-state index is -0.920. The van der Waals surface area contributed by atoms with Crippen molar-refractivity contribution >= 4 is 129 Å². The number of ether oxygens (including phenoxy) is 3. The van der Waals surface area contributed by atoms with Crippen LogP contribution in [0, 0.1) is 0 Å². The first kappa shape index (κ1) is 60.7. The average molecular weight is 1090 g/mol. The van der Waals surface area contributed by atoms with Crippen LogP contribution in [0.5, 0.6) is 0 Å². The Morgan fingerprint density at radius 2 is 1.42 bits per heavy atom. The number of aliphatic imine (C=N–C) groups is 1. The van der Waals surface area contributed by atoms with Crippen molar-refractivity contribution in [2.24, 2.45) is 10.7 Å². The lowest BCUT2D eigenvalue weighted by Gasteiger charge is -2.14. The third kappa shape index (κ3) is 44.0. The Balaban J connectivity index is -0.000000284. The Morgan fingerprint density at radius 1 is 0.927 bits per heavy atom. The second-order valence-electron chi connectivity index (χ2n) is 12.7. The lowest BCUT2D eigenvalue weighted by atomic mass is 10.1. The van der Waals surface area contributed by atoms with Gasteiger partial charge in [0.25, 0.3) is 0 Å². The summed E-state index contributed by atoms with van der Waals surface area (Å²) in [4.78, 5) is 64.1. The number of carboxylic acid groups (broad SMARTS) is 2. The van der Waals surface area contributed by atoms with Crippen molar-refractivity contribution in [3.63, 3.8) is 0 Å². The van der Waals surface area contributed by atoms with Crippen LogP contribution in [0.3, 0.4) is 0 Å². The topological polar surface area (TPSA) is 249 Å². The number of carboxylic acids is 2. The number of nitrogens with zero attached hydrogens (tertiary/aromatic N) is 1. The van der Waals surface area contributed by atoms with Gasteiger partial charge in [0.15, 0.2) is 5.90 Å². The van der Waals surface area contributed by atoms with Crippen molar-refractivity contribution in [3.05, 3.63) is 0 Å². The van der Waals surface area contributed by atoms with Crippen LogP contribution in [-0.2, 0) is 43.0 Å². The van der Waals surface area contributed by atoms with E-state index in [1.54, 1.807) is 13.8 Å². The molecular formula is C34H58Br4Cl2N2O13. The number of aliphatic hydroxyl groups excluding tert-OH is 2. The molecule has 3 rings (SSSR count). The number of nitrogens with two attached hydrogens (primary N) is 1. The smallest absolute Gasteiger partial charge is 0.319 e. The lowest BCUT2D eigenvalue weighted by molar-refractivity contribution is -0.147. The monoisotopic (exact) mass is 1090 g/mol.